The summed E-state index contributed by atoms with van der Waals surface area (Å²) < 4.78 is 0. The fourth-order valence-electron chi connectivity index (χ4n) is 5.86. The highest BCUT2D eigenvalue weighted by Crippen LogP contribution is 2.45. The van der Waals surface area contributed by atoms with Crippen LogP contribution in [0.4, 0.5) is 0 Å². The third-order valence-electron chi connectivity index (χ3n) is 8.60. The van der Waals surface area contributed by atoms with Crippen molar-refractivity contribution in [3.05, 3.63) is 0 Å². The second-order valence-corrected chi connectivity index (χ2v) is 11.8. The topological polar surface area (TPSA) is 6.48 Å². The van der Waals surface area contributed by atoms with Gasteiger partial charge >= 0.3 is 0 Å². The normalized spacial score (nSPS) is 23.8. The van der Waals surface area contributed by atoms with Gasteiger partial charge in [0.25, 0.3) is 0 Å². The first-order valence-electron chi connectivity index (χ1n) is 11.3. The fraction of sp³-hybridized carbons (Fsp3) is 1.00. The van der Waals surface area contributed by atoms with Crippen molar-refractivity contribution < 1.29 is 0 Å². The summed E-state index contributed by atoms with van der Waals surface area (Å²) in [5.74, 6) is 2.54. The van der Waals surface area contributed by atoms with Crippen molar-refractivity contribution in [3.63, 3.8) is 0 Å². The van der Waals surface area contributed by atoms with Crippen molar-refractivity contribution in [1.29, 1.82) is 0 Å². The molecule has 0 spiro atoms. The predicted molar refractivity (Wildman–Crippen MR) is 116 cm³/mol. The van der Waals surface area contributed by atoms with Gasteiger partial charge in [0.05, 0.1) is 0 Å². The van der Waals surface area contributed by atoms with Crippen LogP contribution in [0.25, 0.3) is 0 Å². The highest BCUT2D eigenvalue weighted by molar-refractivity contribution is 4.95. The third kappa shape index (κ3) is 5.04. The van der Waals surface area contributed by atoms with Crippen molar-refractivity contribution in [2.75, 3.05) is 33.2 Å². The first-order chi connectivity index (χ1) is 11.9. The summed E-state index contributed by atoms with van der Waals surface area (Å²) in [6.45, 7) is 25.0. The molecule has 154 valence electrons. The molecule has 2 nitrogen and oxygen atoms in total. The Bertz CT molecular complexity index is 433. The summed E-state index contributed by atoms with van der Waals surface area (Å²) >= 11 is 0. The molecule has 2 aliphatic rings. The minimum Gasteiger partial charge on any atom is -0.306 e. The molecule has 2 heteroatoms. The molecule has 2 rings (SSSR count). The van der Waals surface area contributed by atoms with Gasteiger partial charge < -0.3 is 4.90 Å². The zero-order valence-electron chi connectivity index (χ0n) is 19.5. The first-order valence-corrected chi connectivity index (χ1v) is 11.3. The Labute approximate surface area is 165 Å². The number of rotatable bonds is 6. The molecule has 0 radical (unpaired) electrons. The number of nitrogens with zero attached hydrogens (tertiary/aromatic N) is 2. The predicted octanol–water partition coefficient (Wildman–Crippen LogP) is 5.92. The highest BCUT2D eigenvalue weighted by Gasteiger charge is 2.42. The number of likely N-dealkylation sites (tertiary alicyclic amines) is 2. The molecule has 0 aliphatic carbocycles. The number of hydrogen-bond donors (Lipinski definition) is 0. The maximum Gasteiger partial charge on any atom is 0.0158 e. The van der Waals surface area contributed by atoms with Crippen molar-refractivity contribution in [2.24, 2.45) is 28.6 Å². The summed E-state index contributed by atoms with van der Waals surface area (Å²) in [5.41, 5.74) is 1.24. The second-order valence-electron chi connectivity index (χ2n) is 11.8. The summed E-state index contributed by atoms with van der Waals surface area (Å²) in [4.78, 5) is 5.32. The van der Waals surface area contributed by atoms with Gasteiger partial charge in [-0.25, -0.2) is 0 Å². The molecule has 0 aromatic heterocycles. The van der Waals surface area contributed by atoms with Gasteiger partial charge in [0.15, 0.2) is 0 Å². The molecule has 2 heterocycles. The lowest BCUT2D eigenvalue weighted by atomic mass is 9.65. The van der Waals surface area contributed by atoms with E-state index in [0.29, 0.717) is 16.4 Å². The summed E-state index contributed by atoms with van der Waals surface area (Å²) in [6.07, 6.45) is 6.84. The molecule has 0 aromatic rings. The van der Waals surface area contributed by atoms with E-state index in [2.05, 4.69) is 72.2 Å². The molecule has 2 aliphatic heterocycles. The van der Waals surface area contributed by atoms with Gasteiger partial charge in [-0.05, 0) is 108 Å². The number of piperidine rings is 2. The molecular weight excluding hydrogens is 316 g/mol. The van der Waals surface area contributed by atoms with Crippen LogP contribution in [0.5, 0.6) is 0 Å². The van der Waals surface area contributed by atoms with Crippen LogP contribution in [0.3, 0.4) is 0 Å². The molecule has 2 saturated heterocycles. The van der Waals surface area contributed by atoms with Gasteiger partial charge in [-0.15, -0.1) is 0 Å². The van der Waals surface area contributed by atoms with Gasteiger partial charge in [-0.3, -0.25) is 4.90 Å². The van der Waals surface area contributed by atoms with Gasteiger partial charge in [0, 0.05) is 5.54 Å². The smallest absolute Gasteiger partial charge is 0.0158 e. The Morgan fingerprint density at radius 1 is 0.769 bits per heavy atom. The molecule has 0 amide bonds. The SMILES string of the molecule is CC(C)C(C)(C)C1CCN(C(C)(C)CC(C)(C)C2CCN(C)CC2)CC1. The Morgan fingerprint density at radius 2 is 1.23 bits per heavy atom. The Balaban J connectivity index is 1.94. The van der Waals surface area contributed by atoms with Gasteiger partial charge in [-0.2, -0.15) is 0 Å². The zero-order valence-corrected chi connectivity index (χ0v) is 19.5. The lowest BCUT2D eigenvalue weighted by Gasteiger charge is -2.51. The molecule has 2 fully saturated rings. The van der Waals surface area contributed by atoms with Crippen molar-refractivity contribution in [2.45, 2.75) is 93.0 Å². The number of hydrogen-bond acceptors (Lipinski definition) is 2. The maximum atomic E-state index is 2.82. The van der Waals surface area contributed by atoms with E-state index >= 15 is 0 Å². The Morgan fingerprint density at radius 3 is 1.69 bits per heavy atom. The van der Waals surface area contributed by atoms with Gasteiger partial charge in [0.2, 0.25) is 0 Å². The molecule has 0 aromatic carbocycles. The van der Waals surface area contributed by atoms with E-state index in [1.807, 2.05) is 0 Å². The second kappa shape index (κ2) is 8.11. The molecular formula is C24H48N2. The van der Waals surface area contributed by atoms with Crippen LogP contribution in [0, 0.1) is 28.6 Å². The molecule has 0 bridgehead atoms. The molecule has 26 heavy (non-hydrogen) atoms. The largest absolute Gasteiger partial charge is 0.306 e. The van der Waals surface area contributed by atoms with Crippen LogP contribution in [0.15, 0.2) is 0 Å². The average molecular weight is 365 g/mol. The first kappa shape index (κ1) is 22.2. The summed E-state index contributed by atoms with van der Waals surface area (Å²) in [6, 6.07) is 0. The van der Waals surface area contributed by atoms with Crippen LogP contribution in [-0.2, 0) is 0 Å². The van der Waals surface area contributed by atoms with E-state index in [1.54, 1.807) is 0 Å². The molecule has 0 atom stereocenters. The van der Waals surface area contributed by atoms with E-state index in [9.17, 15) is 0 Å². The quantitative estimate of drug-likeness (QED) is 0.577. The lowest BCUT2D eigenvalue weighted by molar-refractivity contribution is -0.0112. The van der Waals surface area contributed by atoms with E-state index in [1.165, 1.54) is 58.3 Å². The van der Waals surface area contributed by atoms with Crippen LogP contribution in [0.2, 0.25) is 0 Å². The van der Waals surface area contributed by atoms with E-state index < -0.39 is 0 Å². The fourth-order valence-corrected chi connectivity index (χ4v) is 5.86. The van der Waals surface area contributed by atoms with E-state index in [0.717, 1.165) is 17.8 Å². The van der Waals surface area contributed by atoms with Gasteiger partial charge in [0.1, 0.15) is 0 Å². The third-order valence-corrected chi connectivity index (χ3v) is 8.60. The Hall–Kier alpha value is -0.0800. The monoisotopic (exact) mass is 364 g/mol. The van der Waals surface area contributed by atoms with Gasteiger partial charge in [-0.1, -0.05) is 41.5 Å². The standard InChI is InChI=1S/C24H48N2/c1-19(2)24(7,8)21-12-16-26(17-13-21)23(5,6)18-22(3,4)20-10-14-25(9)15-11-20/h19-21H,10-18H2,1-9H3. The van der Waals surface area contributed by atoms with E-state index in [-0.39, 0.29) is 0 Å². The maximum absolute atomic E-state index is 2.82. The summed E-state index contributed by atoms with van der Waals surface area (Å²) in [5, 5.41) is 0. The van der Waals surface area contributed by atoms with Crippen LogP contribution >= 0.6 is 0 Å². The minimum atomic E-state index is 0.319. The molecule has 0 saturated carbocycles. The van der Waals surface area contributed by atoms with Crippen molar-refractivity contribution >= 4 is 0 Å². The molecule has 0 N–H and O–H groups in total. The molecule has 0 unspecified atom stereocenters. The highest BCUT2D eigenvalue weighted by atomic mass is 15.2. The summed E-state index contributed by atoms with van der Waals surface area (Å²) in [7, 11) is 2.27. The minimum absolute atomic E-state index is 0.319. The van der Waals surface area contributed by atoms with E-state index in [4.69, 9.17) is 0 Å². The average Bonchev–Trinajstić information content (AvgIpc) is 2.54. The van der Waals surface area contributed by atoms with Crippen LogP contribution in [0.1, 0.15) is 87.5 Å². The zero-order chi connectivity index (χ0) is 19.8. The van der Waals surface area contributed by atoms with Crippen molar-refractivity contribution in [3.8, 4) is 0 Å². The van der Waals surface area contributed by atoms with Crippen molar-refractivity contribution in [1.82, 2.24) is 9.80 Å². The lowest BCUT2D eigenvalue weighted by Crippen LogP contribution is -2.53. The van der Waals surface area contributed by atoms with Crippen LogP contribution < -0.4 is 0 Å². The Kier molecular flexibility index (Phi) is 6.93. The van der Waals surface area contributed by atoms with Crippen LogP contribution in [-0.4, -0.2) is 48.6 Å².